The molecule has 0 aromatic carbocycles. The van der Waals surface area contributed by atoms with E-state index in [0.29, 0.717) is 30.0 Å². The maximum Gasteiger partial charge on any atom is 0.235 e. The maximum atomic E-state index is 12.5. The summed E-state index contributed by atoms with van der Waals surface area (Å²) in [5.74, 6) is 1.91. The minimum absolute atomic E-state index is 0.0177. The Balaban J connectivity index is 1.81. The van der Waals surface area contributed by atoms with Crippen molar-refractivity contribution in [3.05, 3.63) is 0 Å². The average molecular weight is 483 g/mol. The number of ketones is 2. The Morgan fingerprint density at radius 3 is 2.59 bits per heavy atom. The highest BCUT2D eigenvalue weighted by molar-refractivity contribution is 14.1. The number of halogens is 1. The molecule has 0 saturated heterocycles. The number of isocyanates is 1. The molecule has 0 amide bonds. The van der Waals surface area contributed by atoms with Crippen molar-refractivity contribution in [2.24, 2.45) is 39.5 Å². The number of aliphatic imine (C=N–C) groups is 1. The number of nitrogens with zero attached hydrogens (tertiary/aromatic N) is 1. The molecule has 0 aliphatic heterocycles. The number of carbonyl (C=O) groups excluding carboxylic acids is 3. The molecular weight excluding hydrogens is 453 g/mol. The molecule has 0 heterocycles. The van der Waals surface area contributed by atoms with Crippen LogP contribution in [0.1, 0.15) is 72.1 Å². The Bertz CT molecular complexity index is 731. The monoisotopic (exact) mass is 483 g/mol. The summed E-state index contributed by atoms with van der Waals surface area (Å²) in [4.78, 5) is 40.8. The summed E-state index contributed by atoms with van der Waals surface area (Å²) in [6, 6.07) is 0. The lowest BCUT2D eigenvalue weighted by Crippen LogP contribution is -2.63. The van der Waals surface area contributed by atoms with E-state index >= 15 is 0 Å². The molecule has 4 fully saturated rings. The normalized spacial score (nSPS) is 51.6. The molecule has 0 aromatic rings. The van der Waals surface area contributed by atoms with Crippen LogP contribution in [-0.4, -0.2) is 27.1 Å². The smallest absolute Gasteiger partial charge is 0.235 e. The number of rotatable bonds is 2. The molecular formula is C22H30INO3. The predicted octanol–water partition coefficient (Wildman–Crippen LogP) is 4.68. The molecule has 0 spiro atoms. The van der Waals surface area contributed by atoms with Crippen molar-refractivity contribution < 1.29 is 14.4 Å². The van der Waals surface area contributed by atoms with E-state index in [9.17, 15) is 14.4 Å². The first kappa shape index (κ1) is 19.8. The van der Waals surface area contributed by atoms with Crippen molar-refractivity contribution >= 4 is 40.2 Å². The maximum absolute atomic E-state index is 12.5. The van der Waals surface area contributed by atoms with Crippen molar-refractivity contribution in [2.75, 3.05) is 0 Å². The highest BCUT2D eigenvalue weighted by Gasteiger charge is 2.71. The van der Waals surface area contributed by atoms with Crippen molar-refractivity contribution in [3.63, 3.8) is 0 Å². The van der Waals surface area contributed by atoms with Crippen LogP contribution in [0.25, 0.3) is 0 Å². The van der Waals surface area contributed by atoms with Crippen LogP contribution in [0.4, 0.5) is 0 Å². The Morgan fingerprint density at radius 2 is 1.93 bits per heavy atom. The molecule has 0 radical (unpaired) electrons. The molecule has 0 N–H and O–H groups in total. The summed E-state index contributed by atoms with van der Waals surface area (Å²) in [6.45, 7) is 6.31. The second kappa shape index (κ2) is 6.48. The van der Waals surface area contributed by atoms with Crippen LogP contribution in [0, 0.1) is 34.5 Å². The van der Waals surface area contributed by atoms with Gasteiger partial charge >= 0.3 is 0 Å². The van der Waals surface area contributed by atoms with Crippen molar-refractivity contribution in [3.8, 4) is 0 Å². The second-order valence-corrected chi connectivity index (χ2v) is 11.6. The van der Waals surface area contributed by atoms with E-state index in [1.807, 2.05) is 6.08 Å². The zero-order valence-electron chi connectivity index (χ0n) is 16.6. The molecule has 4 nitrogen and oxygen atoms in total. The summed E-state index contributed by atoms with van der Waals surface area (Å²) in [7, 11) is 0. The SMILES string of the molecule is CC(=O)[C@H]1C[C@H](I)[C@]2(N=C=O)[C@@H]3CC[C@@H]4CC(=O)CC[C@]4(C)[C@H]3CC[C@]12C. The van der Waals surface area contributed by atoms with Crippen molar-refractivity contribution in [1.82, 2.24) is 0 Å². The minimum atomic E-state index is -0.482. The quantitative estimate of drug-likeness (QED) is 0.248. The van der Waals surface area contributed by atoms with Crippen LogP contribution in [-0.2, 0) is 14.4 Å². The van der Waals surface area contributed by atoms with Gasteiger partial charge in [0.15, 0.2) is 0 Å². The fourth-order valence-electron chi connectivity index (χ4n) is 7.98. The lowest BCUT2D eigenvalue weighted by molar-refractivity contribution is -0.145. The molecule has 0 unspecified atom stereocenters. The van der Waals surface area contributed by atoms with Gasteiger partial charge in [-0.1, -0.05) is 36.4 Å². The van der Waals surface area contributed by atoms with E-state index in [1.165, 1.54) is 0 Å². The number of Topliss-reactive ketones (excluding diaryl/α,β-unsaturated/α-hetero) is 2. The van der Waals surface area contributed by atoms with Gasteiger partial charge in [0.2, 0.25) is 6.08 Å². The zero-order valence-corrected chi connectivity index (χ0v) is 18.8. The first-order valence-electron chi connectivity index (χ1n) is 10.5. The number of carbonyl (C=O) groups is 2. The highest BCUT2D eigenvalue weighted by Crippen LogP contribution is 2.71. The summed E-state index contributed by atoms with van der Waals surface area (Å²) in [6.07, 6.45) is 9.25. The zero-order chi connectivity index (χ0) is 19.6. The van der Waals surface area contributed by atoms with E-state index in [4.69, 9.17) is 0 Å². The molecule has 4 rings (SSSR count). The number of hydrogen-bond acceptors (Lipinski definition) is 4. The van der Waals surface area contributed by atoms with E-state index in [1.54, 1.807) is 6.92 Å². The van der Waals surface area contributed by atoms with Gasteiger partial charge in [0.05, 0.1) is 5.54 Å². The van der Waals surface area contributed by atoms with Crippen LogP contribution < -0.4 is 0 Å². The van der Waals surface area contributed by atoms with E-state index in [-0.39, 0.29) is 26.5 Å². The second-order valence-electron chi connectivity index (χ2n) is 10.1. The standard InChI is InChI=1S/C22H30INO3/c1-13(26)18-11-19(23)22(24-12-25)17-5-4-14-10-15(27)6-8-20(14,2)16(17)7-9-21(18,22)3/h14,16-19H,4-11H2,1-3H3/t14-,16+,17-,18-,19+,20+,21-,22-/m1/s1. The fraction of sp³-hybridized carbons (Fsp3) is 0.864. The molecule has 0 aromatic heterocycles. The number of alkyl halides is 1. The summed E-state index contributed by atoms with van der Waals surface area (Å²) >= 11 is 2.47. The molecule has 27 heavy (non-hydrogen) atoms. The van der Waals surface area contributed by atoms with Gasteiger partial charge in [-0.05, 0) is 68.6 Å². The Kier molecular flexibility index (Phi) is 4.74. The molecule has 0 bridgehead atoms. The van der Waals surface area contributed by atoms with Crippen LogP contribution in [0.5, 0.6) is 0 Å². The predicted molar refractivity (Wildman–Crippen MR) is 111 cm³/mol. The van der Waals surface area contributed by atoms with Crippen LogP contribution in [0.2, 0.25) is 0 Å². The van der Waals surface area contributed by atoms with E-state index < -0.39 is 5.54 Å². The Labute approximate surface area is 175 Å². The lowest BCUT2D eigenvalue weighted by Gasteiger charge is -2.63. The van der Waals surface area contributed by atoms with Gasteiger partial charge in [-0.3, -0.25) is 9.59 Å². The number of fused-ring (bicyclic) bond motifs is 5. The fourth-order valence-corrected chi connectivity index (χ4v) is 9.80. The minimum Gasteiger partial charge on any atom is -0.300 e. The van der Waals surface area contributed by atoms with Crippen molar-refractivity contribution in [2.45, 2.75) is 81.6 Å². The molecule has 148 valence electrons. The van der Waals surface area contributed by atoms with Crippen LogP contribution in [0.3, 0.4) is 0 Å². The third kappa shape index (κ3) is 2.46. The Morgan fingerprint density at radius 1 is 1.19 bits per heavy atom. The molecule has 8 atom stereocenters. The van der Waals surface area contributed by atoms with Gasteiger partial charge in [-0.25, -0.2) is 4.79 Å². The van der Waals surface area contributed by atoms with Gasteiger partial charge in [0.25, 0.3) is 0 Å². The molecule has 4 saturated carbocycles. The first-order valence-corrected chi connectivity index (χ1v) is 11.7. The van der Waals surface area contributed by atoms with Gasteiger partial charge in [-0.15, -0.1) is 0 Å². The van der Waals surface area contributed by atoms with Gasteiger partial charge < -0.3 is 0 Å². The average Bonchev–Trinajstić information content (AvgIpc) is 2.84. The summed E-state index contributed by atoms with van der Waals surface area (Å²) < 4.78 is 0.189. The molecule has 5 heteroatoms. The van der Waals surface area contributed by atoms with E-state index in [2.05, 4.69) is 41.4 Å². The van der Waals surface area contributed by atoms with Gasteiger partial charge in [0, 0.05) is 28.1 Å². The Hall–Kier alpha value is -0.550. The molecule has 4 aliphatic rings. The number of hydrogen-bond donors (Lipinski definition) is 0. The van der Waals surface area contributed by atoms with Crippen LogP contribution >= 0.6 is 22.6 Å². The van der Waals surface area contributed by atoms with E-state index in [0.717, 1.165) is 44.9 Å². The van der Waals surface area contributed by atoms with Crippen LogP contribution in [0.15, 0.2) is 4.99 Å². The largest absolute Gasteiger partial charge is 0.300 e. The third-order valence-corrected chi connectivity index (χ3v) is 10.8. The van der Waals surface area contributed by atoms with Gasteiger partial charge in [0.1, 0.15) is 11.6 Å². The topological polar surface area (TPSA) is 63.6 Å². The first-order chi connectivity index (χ1) is 12.7. The third-order valence-electron chi connectivity index (χ3n) is 9.37. The molecule has 4 aliphatic carbocycles. The van der Waals surface area contributed by atoms with Crippen molar-refractivity contribution in [1.29, 1.82) is 0 Å². The summed E-state index contributed by atoms with van der Waals surface area (Å²) in [5.41, 5.74) is -0.574. The highest BCUT2D eigenvalue weighted by atomic mass is 127. The lowest BCUT2D eigenvalue weighted by atomic mass is 9.42. The van der Waals surface area contributed by atoms with Gasteiger partial charge in [-0.2, -0.15) is 4.99 Å². The summed E-state index contributed by atoms with van der Waals surface area (Å²) in [5, 5.41) is 0.